The molecule has 1 aromatic heterocycles. The topological polar surface area (TPSA) is 88.6 Å². The molecule has 2 atom stereocenters. The molecule has 162 valence electrons. The van der Waals surface area contributed by atoms with Gasteiger partial charge in [-0.05, 0) is 33.3 Å². The number of nitrogens with zero attached hydrogens (tertiary/aromatic N) is 2. The highest BCUT2D eigenvalue weighted by Gasteiger charge is 2.41. The molecular weight excluding hydrogens is 382 g/mol. The number of hydrogen-bond acceptors (Lipinski definition) is 6. The van der Waals surface area contributed by atoms with Gasteiger partial charge in [0.25, 0.3) is 0 Å². The second kappa shape index (κ2) is 7.85. The molecule has 1 unspecified atom stereocenters. The molecule has 3 rings (SSSR count). The van der Waals surface area contributed by atoms with E-state index in [0.717, 1.165) is 18.7 Å². The lowest BCUT2D eigenvalue weighted by atomic mass is 9.88. The van der Waals surface area contributed by atoms with E-state index in [1.807, 2.05) is 6.07 Å². The number of rotatable bonds is 4. The van der Waals surface area contributed by atoms with Crippen LogP contribution in [0.3, 0.4) is 0 Å². The number of aromatic nitrogens is 1. The van der Waals surface area contributed by atoms with Crippen LogP contribution in [0.25, 0.3) is 0 Å². The second-order valence-electron chi connectivity index (χ2n) is 9.77. The SMILES string of the molecule is C[C@H](CC(=O)OC(C)(C)C)C(=O)NC1C(=O)C=C2N(CCC2(C)C)c2ncccc21. The number of esters is 1. The minimum absolute atomic E-state index is 0.0514. The Labute approximate surface area is 177 Å². The molecule has 0 saturated carbocycles. The molecule has 1 fully saturated rings. The standard InChI is InChI=1S/C23H31N3O4/c1-14(12-18(28)30-22(2,3)4)21(29)25-19-15-8-7-10-24-20(15)26-11-9-23(5,6)17(26)13-16(19)27/h7-8,10,13-14,19H,9,11-12H2,1-6H3,(H,25,29)/t14-,19?/m1/s1. The van der Waals surface area contributed by atoms with Crippen LogP contribution < -0.4 is 10.2 Å². The van der Waals surface area contributed by atoms with Gasteiger partial charge in [-0.3, -0.25) is 14.4 Å². The molecule has 1 aromatic rings. The Hall–Kier alpha value is -2.70. The van der Waals surface area contributed by atoms with E-state index in [9.17, 15) is 14.4 Å². The number of ether oxygens (including phenoxy) is 1. The highest BCUT2D eigenvalue weighted by atomic mass is 16.6. The van der Waals surface area contributed by atoms with Crippen LogP contribution >= 0.6 is 0 Å². The van der Waals surface area contributed by atoms with Gasteiger partial charge >= 0.3 is 5.97 Å². The summed E-state index contributed by atoms with van der Waals surface area (Å²) in [5.74, 6) is -0.919. The molecular formula is C23H31N3O4. The van der Waals surface area contributed by atoms with E-state index in [1.54, 1.807) is 46.0 Å². The Kier molecular flexibility index (Phi) is 5.76. The number of allylic oxidation sites excluding steroid dienone is 1. The monoisotopic (exact) mass is 413 g/mol. The van der Waals surface area contributed by atoms with Crippen molar-refractivity contribution >= 4 is 23.5 Å². The summed E-state index contributed by atoms with van der Waals surface area (Å²) in [6.07, 6.45) is 4.20. The van der Waals surface area contributed by atoms with Crippen molar-refractivity contribution in [2.75, 3.05) is 11.4 Å². The van der Waals surface area contributed by atoms with Crippen LogP contribution in [0.4, 0.5) is 5.82 Å². The number of fused-ring (bicyclic) bond motifs is 3. The quantitative estimate of drug-likeness (QED) is 0.762. The Morgan fingerprint density at radius 3 is 2.73 bits per heavy atom. The smallest absolute Gasteiger partial charge is 0.307 e. The molecule has 7 nitrogen and oxygen atoms in total. The minimum atomic E-state index is -0.837. The molecule has 2 aliphatic heterocycles. The van der Waals surface area contributed by atoms with Crippen LogP contribution in [-0.2, 0) is 19.1 Å². The van der Waals surface area contributed by atoms with Crippen molar-refractivity contribution in [2.45, 2.75) is 66.0 Å². The van der Waals surface area contributed by atoms with E-state index in [4.69, 9.17) is 4.74 Å². The summed E-state index contributed by atoms with van der Waals surface area (Å²) in [5.41, 5.74) is 0.837. The number of pyridine rings is 1. The Morgan fingerprint density at radius 2 is 2.07 bits per heavy atom. The molecule has 1 N–H and O–H groups in total. The van der Waals surface area contributed by atoms with Crippen LogP contribution in [-0.4, -0.2) is 34.8 Å². The van der Waals surface area contributed by atoms with Crippen LogP contribution in [0.5, 0.6) is 0 Å². The lowest BCUT2D eigenvalue weighted by Gasteiger charge is -2.25. The zero-order valence-corrected chi connectivity index (χ0v) is 18.6. The first-order chi connectivity index (χ1) is 13.9. The largest absolute Gasteiger partial charge is 0.460 e. The van der Waals surface area contributed by atoms with E-state index in [1.165, 1.54) is 0 Å². The molecule has 2 aliphatic rings. The van der Waals surface area contributed by atoms with Crippen molar-refractivity contribution in [2.24, 2.45) is 11.3 Å². The van der Waals surface area contributed by atoms with Gasteiger partial charge < -0.3 is 15.0 Å². The second-order valence-corrected chi connectivity index (χ2v) is 9.77. The summed E-state index contributed by atoms with van der Waals surface area (Å²) in [7, 11) is 0. The van der Waals surface area contributed by atoms with Gasteiger partial charge in [-0.15, -0.1) is 0 Å². The molecule has 7 heteroatoms. The van der Waals surface area contributed by atoms with Crippen molar-refractivity contribution in [3.63, 3.8) is 0 Å². The summed E-state index contributed by atoms with van der Waals surface area (Å²) >= 11 is 0. The highest BCUT2D eigenvalue weighted by molar-refractivity contribution is 6.01. The maximum atomic E-state index is 13.1. The van der Waals surface area contributed by atoms with E-state index < -0.39 is 23.5 Å². The van der Waals surface area contributed by atoms with Gasteiger partial charge in [0.15, 0.2) is 5.78 Å². The fourth-order valence-electron chi connectivity index (χ4n) is 3.89. The summed E-state index contributed by atoms with van der Waals surface area (Å²) in [4.78, 5) is 44.7. The van der Waals surface area contributed by atoms with Crippen molar-refractivity contribution in [3.8, 4) is 0 Å². The van der Waals surface area contributed by atoms with E-state index >= 15 is 0 Å². The summed E-state index contributed by atoms with van der Waals surface area (Å²) < 4.78 is 5.31. The zero-order chi connectivity index (χ0) is 22.3. The molecule has 0 radical (unpaired) electrons. The van der Waals surface area contributed by atoms with E-state index in [0.29, 0.717) is 11.4 Å². The van der Waals surface area contributed by atoms with Gasteiger partial charge in [-0.2, -0.15) is 0 Å². The number of nitrogens with one attached hydrogen (secondary N) is 1. The van der Waals surface area contributed by atoms with Crippen LogP contribution in [0, 0.1) is 11.3 Å². The molecule has 1 saturated heterocycles. The fraction of sp³-hybridized carbons (Fsp3) is 0.565. The van der Waals surface area contributed by atoms with Gasteiger partial charge in [0.2, 0.25) is 5.91 Å². The maximum absolute atomic E-state index is 13.1. The minimum Gasteiger partial charge on any atom is -0.460 e. The van der Waals surface area contributed by atoms with Crippen molar-refractivity contribution < 1.29 is 19.1 Å². The van der Waals surface area contributed by atoms with Crippen molar-refractivity contribution in [3.05, 3.63) is 35.7 Å². The third-order valence-electron chi connectivity index (χ3n) is 5.52. The third kappa shape index (κ3) is 4.55. The van der Waals surface area contributed by atoms with Crippen molar-refractivity contribution in [1.82, 2.24) is 10.3 Å². The molecule has 0 aromatic carbocycles. The van der Waals surface area contributed by atoms with Crippen LogP contribution in [0.15, 0.2) is 30.1 Å². The Morgan fingerprint density at radius 1 is 1.37 bits per heavy atom. The van der Waals surface area contributed by atoms with Crippen LogP contribution in [0.2, 0.25) is 0 Å². The number of carbonyl (C=O) groups is 3. The highest BCUT2D eigenvalue weighted by Crippen LogP contribution is 2.45. The maximum Gasteiger partial charge on any atom is 0.307 e. The lowest BCUT2D eigenvalue weighted by molar-refractivity contribution is -0.157. The number of amides is 1. The van der Waals surface area contributed by atoms with E-state index in [2.05, 4.69) is 29.0 Å². The van der Waals surface area contributed by atoms with Gasteiger partial charge in [0.1, 0.15) is 17.5 Å². The predicted octanol–water partition coefficient (Wildman–Crippen LogP) is 3.31. The van der Waals surface area contributed by atoms with Gasteiger partial charge in [-0.1, -0.05) is 26.8 Å². The average Bonchev–Trinajstić information content (AvgIpc) is 2.85. The summed E-state index contributed by atoms with van der Waals surface area (Å²) in [6.45, 7) is 12.0. The molecule has 0 spiro atoms. The fourth-order valence-corrected chi connectivity index (χ4v) is 3.89. The Balaban J connectivity index is 1.83. The molecule has 30 heavy (non-hydrogen) atoms. The molecule has 0 bridgehead atoms. The molecule has 3 heterocycles. The number of hydrogen-bond donors (Lipinski definition) is 1. The first-order valence-electron chi connectivity index (χ1n) is 10.4. The normalized spacial score (nSPS) is 21.1. The number of carbonyl (C=O) groups excluding carboxylic acids is 3. The number of anilines is 1. The predicted molar refractivity (Wildman–Crippen MR) is 114 cm³/mol. The van der Waals surface area contributed by atoms with Gasteiger partial charge in [-0.25, -0.2) is 4.98 Å². The van der Waals surface area contributed by atoms with Gasteiger partial charge in [0.05, 0.1) is 6.42 Å². The number of ketones is 1. The molecule has 0 aliphatic carbocycles. The first-order valence-corrected chi connectivity index (χ1v) is 10.4. The average molecular weight is 414 g/mol. The summed E-state index contributed by atoms with van der Waals surface area (Å²) in [5, 5.41) is 2.84. The third-order valence-corrected chi connectivity index (χ3v) is 5.52. The van der Waals surface area contributed by atoms with Gasteiger partial charge in [0, 0.05) is 41.4 Å². The summed E-state index contributed by atoms with van der Waals surface area (Å²) in [6, 6.07) is 2.75. The first kappa shape index (κ1) is 22.0. The molecule has 1 amide bonds. The lowest BCUT2D eigenvalue weighted by Crippen LogP contribution is -2.38. The Bertz CT molecular complexity index is 898. The van der Waals surface area contributed by atoms with Crippen LogP contribution in [0.1, 0.15) is 66.0 Å². The van der Waals surface area contributed by atoms with E-state index in [-0.39, 0.29) is 23.5 Å². The zero-order valence-electron chi connectivity index (χ0n) is 18.6. The van der Waals surface area contributed by atoms with Crippen molar-refractivity contribution in [1.29, 1.82) is 0 Å².